The molecule has 2 amide bonds. The zero-order valence-electron chi connectivity index (χ0n) is 25.1. The summed E-state index contributed by atoms with van der Waals surface area (Å²) < 4.78 is 0. The summed E-state index contributed by atoms with van der Waals surface area (Å²) in [6.45, 7) is 11.1. The summed E-state index contributed by atoms with van der Waals surface area (Å²) >= 11 is 12.1. The molecule has 42 heavy (non-hydrogen) atoms. The Kier molecular flexibility index (Phi) is 12.1. The molecule has 3 N–H and O–H groups in total. The molecule has 0 saturated carbocycles. The first-order valence-corrected chi connectivity index (χ1v) is 15.9. The molecule has 0 spiro atoms. The van der Waals surface area contributed by atoms with Crippen LogP contribution >= 0.6 is 23.2 Å². The van der Waals surface area contributed by atoms with Crippen LogP contribution in [0.15, 0.2) is 48.5 Å². The van der Waals surface area contributed by atoms with Crippen molar-refractivity contribution in [2.75, 3.05) is 52.9 Å². The summed E-state index contributed by atoms with van der Waals surface area (Å²) in [7, 11) is 2.18. The molecule has 0 radical (unpaired) electrons. The van der Waals surface area contributed by atoms with Gasteiger partial charge < -0.3 is 20.9 Å². The highest BCUT2D eigenvalue weighted by molar-refractivity contribution is 6.30. The van der Waals surface area contributed by atoms with E-state index in [1.807, 2.05) is 41.3 Å². The molecule has 0 aromatic heterocycles. The van der Waals surface area contributed by atoms with Gasteiger partial charge in [-0.15, -0.1) is 0 Å². The number of amides is 2. The number of carbonyl (C=O) groups excluding carboxylic acids is 2. The van der Waals surface area contributed by atoms with E-state index in [-0.39, 0.29) is 18.2 Å². The van der Waals surface area contributed by atoms with E-state index in [0.29, 0.717) is 41.5 Å². The first kappa shape index (κ1) is 32.7. The highest BCUT2D eigenvalue weighted by Gasteiger charge is 2.34. The van der Waals surface area contributed by atoms with Crippen molar-refractivity contribution in [3.63, 3.8) is 0 Å². The Balaban J connectivity index is 1.41. The van der Waals surface area contributed by atoms with E-state index in [1.165, 1.54) is 0 Å². The standard InChI is InChI=1S/C32H46Cl2N6O2/c1-23(2)22-40(39-18-16-37(3)17-19-39)28-12-14-38(15-13-28)32(42)30(20-24-4-8-26(33)9-5-24)36-31(41)21-29(35)25-6-10-27(34)11-7-25/h4-11,23,28-30H,12-22,35H2,1-3H3,(H,36,41)/t29-,30-/m1/s1. The Hall–Kier alpha value is -2.20. The normalized spacial score (nSPS) is 18.8. The second-order valence-electron chi connectivity index (χ2n) is 12.1. The third-order valence-electron chi connectivity index (χ3n) is 8.28. The minimum atomic E-state index is -0.683. The van der Waals surface area contributed by atoms with Gasteiger partial charge in [0.25, 0.3) is 0 Å². The van der Waals surface area contributed by atoms with E-state index >= 15 is 0 Å². The van der Waals surface area contributed by atoms with Crippen LogP contribution in [0, 0.1) is 5.92 Å². The smallest absolute Gasteiger partial charge is 0.245 e. The highest BCUT2D eigenvalue weighted by atomic mass is 35.5. The maximum atomic E-state index is 13.9. The lowest BCUT2D eigenvalue weighted by atomic mass is 9.99. The molecule has 0 aliphatic carbocycles. The zero-order chi connectivity index (χ0) is 30.2. The molecular weight excluding hydrogens is 571 g/mol. The Bertz CT molecular complexity index is 1150. The molecule has 2 heterocycles. The van der Waals surface area contributed by atoms with Crippen molar-refractivity contribution in [3.8, 4) is 0 Å². The van der Waals surface area contributed by atoms with Gasteiger partial charge >= 0.3 is 0 Å². The van der Waals surface area contributed by atoms with Crippen LogP contribution in [-0.4, -0.2) is 96.6 Å². The number of nitrogens with two attached hydrogens (primary N) is 1. The summed E-state index contributed by atoms with van der Waals surface area (Å²) in [5.74, 6) is 0.257. The van der Waals surface area contributed by atoms with Crippen LogP contribution < -0.4 is 11.1 Å². The van der Waals surface area contributed by atoms with Gasteiger partial charge in [0.1, 0.15) is 6.04 Å². The van der Waals surface area contributed by atoms with Crippen LogP contribution in [0.1, 0.15) is 50.3 Å². The van der Waals surface area contributed by atoms with E-state index in [9.17, 15) is 9.59 Å². The summed E-state index contributed by atoms with van der Waals surface area (Å²) in [6.07, 6.45) is 2.28. The Labute approximate surface area is 261 Å². The number of carbonyl (C=O) groups is 2. The van der Waals surface area contributed by atoms with E-state index in [4.69, 9.17) is 28.9 Å². The Morgan fingerprint density at radius 3 is 2.07 bits per heavy atom. The second kappa shape index (κ2) is 15.5. The van der Waals surface area contributed by atoms with E-state index in [2.05, 4.69) is 41.1 Å². The molecule has 2 aliphatic heterocycles. The van der Waals surface area contributed by atoms with Crippen molar-refractivity contribution in [1.82, 2.24) is 25.1 Å². The summed E-state index contributed by atoms with van der Waals surface area (Å²) in [4.78, 5) is 31.4. The minimum absolute atomic E-state index is 0.0492. The number of rotatable bonds is 11. The molecular formula is C32H46Cl2N6O2. The number of hydrogen-bond donors (Lipinski definition) is 2. The average molecular weight is 618 g/mol. The van der Waals surface area contributed by atoms with E-state index in [0.717, 1.165) is 56.7 Å². The fourth-order valence-electron chi connectivity index (χ4n) is 5.86. The first-order valence-electron chi connectivity index (χ1n) is 15.1. The molecule has 2 aromatic carbocycles. The molecule has 10 heteroatoms. The number of likely N-dealkylation sites (N-methyl/N-ethyl adjacent to an activating group) is 1. The molecule has 2 aromatic rings. The van der Waals surface area contributed by atoms with Crippen molar-refractivity contribution in [2.45, 2.75) is 57.7 Å². The lowest BCUT2D eigenvalue weighted by Gasteiger charge is -2.47. The monoisotopic (exact) mass is 616 g/mol. The van der Waals surface area contributed by atoms with Gasteiger partial charge in [0.2, 0.25) is 11.8 Å². The third-order valence-corrected chi connectivity index (χ3v) is 8.79. The number of likely N-dealkylation sites (tertiary alicyclic amines) is 1. The van der Waals surface area contributed by atoms with Gasteiger partial charge in [-0.25, -0.2) is 10.0 Å². The second-order valence-corrected chi connectivity index (χ2v) is 13.0. The van der Waals surface area contributed by atoms with Crippen LogP contribution in [0.5, 0.6) is 0 Å². The topological polar surface area (TPSA) is 85.1 Å². The number of nitrogens with one attached hydrogen (secondary N) is 1. The Morgan fingerprint density at radius 1 is 0.929 bits per heavy atom. The maximum Gasteiger partial charge on any atom is 0.245 e. The van der Waals surface area contributed by atoms with Gasteiger partial charge in [0.05, 0.1) is 0 Å². The van der Waals surface area contributed by atoms with Gasteiger partial charge in [0.15, 0.2) is 0 Å². The molecule has 0 unspecified atom stereocenters. The number of halogens is 2. The predicted octanol–water partition coefficient (Wildman–Crippen LogP) is 4.22. The van der Waals surface area contributed by atoms with Crippen molar-refractivity contribution >= 4 is 35.0 Å². The predicted molar refractivity (Wildman–Crippen MR) is 170 cm³/mol. The maximum absolute atomic E-state index is 13.9. The van der Waals surface area contributed by atoms with Crippen LogP contribution in [0.4, 0.5) is 0 Å². The molecule has 4 rings (SSSR count). The van der Waals surface area contributed by atoms with Crippen molar-refractivity contribution < 1.29 is 9.59 Å². The lowest BCUT2D eigenvalue weighted by molar-refractivity contribution is -0.140. The summed E-state index contributed by atoms with van der Waals surface area (Å²) in [6, 6.07) is 13.8. The fraction of sp³-hybridized carbons (Fsp3) is 0.562. The number of piperidine rings is 1. The molecule has 0 bridgehead atoms. The largest absolute Gasteiger partial charge is 0.344 e. The molecule has 2 atom stereocenters. The van der Waals surface area contributed by atoms with Crippen molar-refractivity contribution in [2.24, 2.45) is 11.7 Å². The quantitative estimate of drug-likeness (QED) is 0.393. The van der Waals surface area contributed by atoms with Crippen LogP contribution in [-0.2, 0) is 16.0 Å². The lowest BCUT2D eigenvalue weighted by Crippen LogP contribution is -2.60. The van der Waals surface area contributed by atoms with Gasteiger partial charge in [-0.05, 0) is 61.2 Å². The highest BCUT2D eigenvalue weighted by Crippen LogP contribution is 2.23. The number of nitrogens with zero attached hydrogens (tertiary/aromatic N) is 4. The number of piperazine rings is 1. The minimum Gasteiger partial charge on any atom is -0.344 e. The van der Waals surface area contributed by atoms with Gasteiger partial charge in [0, 0.05) is 80.8 Å². The fourth-order valence-corrected chi connectivity index (χ4v) is 6.12. The van der Waals surface area contributed by atoms with Crippen LogP contribution in [0.25, 0.3) is 0 Å². The average Bonchev–Trinajstić information content (AvgIpc) is 2.97. The summed E-state index contributed by atoms with van der Waals surface area (Å²) in [5, 5.41) is 9.36. The van der Waals surface area contributed by atoms with Crippen molar-refractivity contribution in [3.05, 3.63) is 69.7 Å². The third kappa shape index (κ3) is 9.40. The number of hydrazine groups is 1. The van der Waals surface area contributed by atoms with Crippen LogP contribution in [0.2, 0.25) is 10.0 Å². The van der Waals surface area contributed by atoms with E-state index in [1.54, 1.807) is 12.1 Å². The van der Waals surface area contributed by atoms with Gasteiger partial charge in [-0.3, -0.25) is 9.59 Å². The van der Waals surface area contributed by atoms with Gasteiger partial charge in [-0.1, -0.05) is 61.3 Å². The summed E-state index contributed by atoms with van der Waals surface area (Å²) in [5.41, 5.74) is 8.09. The van der Waals surface area contributed by atoms with Gasteiger partial charge in [-0.2, -0.15) is 0 Å². The molecule has 2 saturated heterocycles. The number of benzene rings is 2. The Morgan fingerprint density at radius 2 is 1.50 bits per heavy atom. The van der Waals surface area contributed by atoms with E-state index < -0.39 is 12.1 Å². The zero-order valence-corrected chi connectivity index (χ0v) is 26.7. The molecule has 8 nitrogen and oxygen atoms in total. The van der Waals surface area contributed by atoms with Crippen LogP contribution in [0.3, 0.4) is 0 Å². The molecule has 2 aliphatic rings. The SMILES string of the molecule is CC(C)CN(C1CCN(C(=O)[C@@H](Cc2ccc(Cl)cc2)NC(=O)C[C@@H](N)c2ccc(Cl)cc2)CC1)N1CCN(C)CC1. The molecule has 2 fully saturated rings. The molecule has 230 valence electrons. The number of hydrogen-bond acceptors (Lipinski definition) is 6. The first-order chi connectivity index (χ1) is 20.1. The van der Waals surface area contributed by atoms with Crippen molar-refractivity contribution in [1.29, 1.82) is 0 Å².